The van der Waals surface area contributed by atoms with E-state index < -0.39 is 18.2 Å². The first-order valence-corrected chi connectivity index (χ1v) is 9.83. The molecule has 1 unspecified atom stereocenters. The molecule has 2 rings (SSSR count). The van der Waals surface area contributed by atoms with Crippen molar-refractivity contribution >= 4 is 5.97 Å². The lowest BCUT2D eigenvalue weighted by Gasteiger charge is -2.35. The second kappa shape index (κ2) is 9.63. The summed E-state index contributed by atoms with van der Waals surface area (Å²) in [5.74, 6) is 1.26. The van der Waals surface area contributed by atoms with Crippen molar-refractivity contribution in [3.8, 4) is 0 Å². The molecular formula is C20H31F3O2. The summed E-state index contributed by atoms with van der Waals surface area (Å²) in [6, 6.07) is 0. The van der Waals surface area contributed by atoms with Crippen molar-refractivity contribution in [3.63, 3.8) is 0 Å². The highest BCUT2D eigenvalue weighted by molar-refractivity contribution is 5.69. The highest BCUT2D eigenvalue weighted by atomic mass is 19.4. The zero-order valence-corrected chi connectivity index (χ0v) is 15.2. The SMILES string of the molecule is CCC(=O)OC(CC=CC1CCC(C2CCCCC2)CC1)C(F)(F)F. The average molecular weight is 360 g/mol. The standard InChI is InChI=1S/C20H31F3O2/c1-2-19(24)25-18(20(21,22)23)10-6-7-15-11-13-17(14-12-15)16-8-4-3-5-9-16/h6-7,15-18H,2-5,8-14H2,1H3. The Balaban J connectivity index is 1.76. The minimum atomic E-state index is -4.51. The minimum Gasteiger partial charge on any atom is -0.452 e. The van der Waals surface area contributed by atoms with Crippen molar-refractivity contribution < 1.29 is 22.7 Å². The van der Waals surface area contributed by atoms with E-state index in [2.05, 4.69) is 4.74 Å². The summed E-state index contributed by atoms with van der Waals surface area (Å²) in [6.45, 7) is 1.50. The Hall–Kier alpha value is -1.00. The second-order valence-electron chi connectivity index (χ2n) is 7.61. The summed E-state index contributed by atoms with van der Waals surface area (Å²) in [6.07, 6.45) is 8.00. The van der Waals surface area contributed by atoms with E-state index >= 15 is 0 Å². The van der Waals surface area contributed by atoms with Crippen LogP contribution in [0.5, 0.6) is 0 Å². The van der Waals surface area contributed by atoms with Crippen LogP contribution in [0.2, 0.25) is 0 Å². The molecule has 0 aromatic carbocycles. The fourth-order valence-corrected chi connectivity index (χ4v) is 4.30. The minimum absolute atomic E-state index is 0.0402. The van der Waals surface area contributed by atoms with E-state index in [1.54, 1.807) is 6.08 Å². The monoisotopic (exact) mass is 360 g/mol. The first kappa shape index (κ1) is 20.3. The van der Waals surface area contributed by atoms with E-state index in [-0.39, 0.29) is 12.8 Å². The van der Waals surface area contributed by atoms with Gasteiger partial charge in [-0.25, -0.2) is 0 Å². The molecule has 1 atom stereocenters. The van der Waals surface area contributed by atoms with Crippen LogP contribution < -0.4 is 0 Å². The van der Waals surface area contributed by atoms with Gasteiger partial charge in [0.15, 0.2) is 0 Å². The molecule has 0 amide bonds. The predicted octanol–water partition coefficient (Wildman–Crippen LogP) is 6.20. The molecule has 25 heavy (non-hydrogen) atoms. The molecule has 5 heteroatoms. The summed E-state index contributed by atoms with van der Waals surface area (Å²) < 4.78 is 43.3. The third-order valence-corrected chi connectivity index (χ3v) is 5.82. The van der Waals surface area contributed by atoms with Crippen LogP contribution in [-0.4, -0.2) is 18.2 Å². The van der Waals surface area contributed by atoms with Gasteiger partial charge in [-0.3, -0.25) is 4.79 Å². The van der Waals surface area contributed by atoms with Crippen LogP contribution in [0.1, 0.15) is 77.6 Å². The highest BCUT2D eigenvalue weighted by Gasteiger charge is 2.41. The van der Waals surface area contributed by atoms with Crippen molar-refractivity contribution in [1.82, 2.24) is 0 Å². The molecule has 2 nitrogen and oxygen atoms in total. The lowest BCUT2D eigenvalue weighted by molar-refractivity contribution is -0.220. The number of ether oxygens (including phenoxy) is 1. The smallest absolute Gasteiger partial charge is 0.425 e. The van der Waals surface area contributed by atoms with Crippen molar-refractivity contribution in [2.24, 2.45) is 17.8 Å². The highest BCUT2D eigenvalue weighted by Crippen LogP contribution is 2.40. The molecule has 0 saturated heterocycles. The van der Waals surface area contributed by atoms with E-state index in [1.165, 1.54) is 51.9 Å². The number of carbonyl (C=O) groups is 1. The number of rotatable bonds is 6. The zero-order valence-electron chi connectivity index (χ0n) is 15.2. The Morgan fingerprint density at radius 3 is 2.20 bits per heavy atom. The van der Waals surface area contributed by atoms with Crippen LogP contribution in [0.25, 0.3) is 0 Å². The lowest BCUT2D eigenvalue weighted by atomic mass is 9.71. The van der Waals surface area contributed by atoms with Gasteiger partial charge in [0.2, 0.25) is 6.10 Å². The first-order valence-electron chi connectivity index (χ1n) is 9.83. The van der Waals surface area contributed by atoms with Crippen LogP contribution >= 0.6 is 0 Å². The van der Waals surface area contributed by atoms with Crippen molar-refractivity contribution in [3.05, 3.63) is 12.2 Å². The van der Waals surface area contributed by atoms with E-state index in [1.807, 2.05) is 6.08 Å². The zero-order chi connectivity index (χ0) is 18.3. The Bertz CT molecular complexity index is 431. The number of esters is 1. The molecule has 0 aromatic heterocycles. The first-order chi connectivity index (χ1) is 11.9. The van der Waals surface area contributed by atoms with Gasteiger partial charge in [0.1, 0.15) is 0 Å². The molecule has 0 aliphatic heterocycles. The average Bonchev–Trinajstić information content (AvgIpc) is 2.61. The fourth-order valence-electron chi connectivity index (χ4n) is 4.30. The molecule has 0 N–H and O–H groups in total. The largest absolute Gasteiger partial charge is 0.452 e. The summed E-state index contributed by atoms with van der Waals surface area (Å²) in [4.78, 5) is 11.2. The number of hydrogen-bond acceptors (Lipinski definition) is 2. The predicted molar refractivity (Wildman–Crippen MR) is 92.0 cm³/mol. The molecule has 2 aliphatic carbocycles. The van der Waals surface area contributed by atoms with Crippen LogP contribution in [-0.2, 0) is 9.53 Å². The number of allylic oxidation sites excluding steroid dienone is 1. The Morgan fingerprint density at radius 2 is 1.64 bits per heavy atom. The topological polar surface area (TPSA) is 26.3 Å². The van der Waals surface area contributed by atoms with Gasteiger partial charge in [0.05, 0.1) is 0 Å². The van der Waals surface area contributed by atoms with Crippen LogP contribution in [0, 0.1) is 17.8 Å². The van der Waals surface area contributed by atoms with Crippen molar-refractivity contribution in [1.29, 1.82) is 0 Å². The molecule has 0 bridgehead atoms. The van der Waals surface area contributed by atoms with Gasteiger partial charge < -0.3 is 4.74 Å². The number of hydrogen-bond donors (Lipinski definition) is 0. The van der Waals surface area contributed by atoms with E-state index in [0.717, 1.165) is 24.7 Å². The summed E-state index contributed by atoms with van der Waals surface area (Å²) in [5.41, 5.74) is 0. The van der Waals surface area contributed by atoms with Crippen LogP contribution in [0.4, 0.5) is 13.2 Å². The quantitative estimate of drug-likeness (QED) is 0.416. The third kappa shape index (κ3) is 6.67. The third-order valence-electron chi connectivity index (χ3n) is 5.82. The molecule has 0 heterocycles. The number of carbonyl (C=O) groups excluding carboxylic acids is 1. The maximum Gasteiger partial charge on any atom is 0.425 e. The molecule has 2 fully saturated rings. The van der Waals surface area contributed by atoms with Gasteiger partial charge in [0, 0.05) is 12.8 Å². The van der Waals surface area contributed by atoms with E-state index in [9.17, 15) is 18.0 Å². The van der Waals surface area contributed by atoms with Gasteiger partial charge in [-0.2, -0.15) is 13.2 Å². The van der Waals surface area contributed by atoms with Gasteiger partial charge in [-0.1, -0.05) is 51.2 Å². The van der Waals surface area contributed by atoms with E-state index in [0.29, 0.717) is 5.92 Å². The Morgan fingerprint density at radius 1 is 1.04 bits per heavy atom. The second-order valence-corrected chi connectivity index (χ2v) is 7.61. The van der Waals surface area contributed by atoms with Gasteiger partial charge in [0.25, 0.3) is 0 Å². The molecular weight excluding hydrogens is 329 g/mol. The van der Waals surface area contributed by atoms with Gasteiger partial charge >= 0.3 is 12.1 Å². The maximum atomic E-state index is 12.9. The van der Waals surface area contributed by atoms with Crippen molar-refractivity contribution in [2.75, 3.05) is 0 Å². The van der Waals surface area contributed by atoms with Gasteiger partial charge in [-0.05, 0) is 43.4 Å². The maximum absolute atomic E-state index is 12.9. The summed E-state index contributed by atoms with van der Waals surface area (Å²) >= 11 is 0. The summed E-state index contributed by atoms with van der Waals surface area (Å²) in [5, 5.41) is 0. The molecule has 0 spiro atoms. The summed E-state index contributed by atoms with van der Waals surface area (Å²) in [7, 11) is 0. The fraction of sp³-hybridized carbons (Fsp3) is 0.850. The lowest BCUT2D eigenvalue weighted by Crippen LogP contribution is -2.33. The molecule has 2 saturated carbocycles. The van der Waals surface area contributed by atoms with Crippen LogP contribution in [0.15, 0.2) is 12.2 Å². The Labute approximate surface area is 149 Å². The molecule has 0 aromatic rings. The molecule has 144 valence electrons. The number of halogens is 3. The normalized spacial score (nSPS) is 27.4. The Kier molecular flexibility index (Phi) is 7.82. The van der Waals surface area contributed by atoms with Crippen LogP contribution in [0.3, 0.4) is 0 Å². The van der Waals surface area contributed by atoms with Gasteiger partial charge in [-0.15, -0.1) is 0 Å². The van der Waals surface area contributed by atoms with E-state index in [4.69, 9.17) is 0 Å². The van der Waals surface area contributed by atoms with Crippen molar-refractivity contribution in [2.45, 2.75) is 89.8 Å². The number of alkyl halides is 3. The molecule has 0 radical (unpaired) electrons. The molecule has 2 aliphatic rings.